The Morgan fingerprint density at radius 3 is 1.88 bits per heavy atom. The van der Waals surface area contributed by atoms with Gasteiger partial charge in [-0.3, -0.25) is 9.59 Å². The Balaban J connectivity index is 2.13. The molecule has 0 bridgehead atoms. The van der Waals surface area contributed by atoms with Crippen LogP contribution in [0.15, 0.2) is 42.7 Å². The van der Waals surface area contributed by atoms with E-state index in [9.17, 15) is 9.59 Å². The maximum atomic E-state index is 12.0. The molecule has 82 valence electrons. The Bertz CT molecular complexity index is 575. The third-order valence-corrected chi connectivity index (χ3v) is 2.52. The van der Waals surface area contributed by atoms with Gasteiger partial charge in [0.25, 0.3) is 11.8 Å². The molecule has 0 spiro atoms. The highest BCUT2D eigenvalue weighted by Gasteiger charge is 2.38. The van der Waals surface area contributed by atoms with E-state index in [2.05, 4.69) is 9.97 Å². The van der Waals surface area contributed by atoms with Gasteiger partial charge in [-0.15, -0.1) is 0 Å². The molecule has 1 aromatic heterocycles. The number of anilines is 1. The molecular formula is C12H7N3O2. The lowest BCUT2D eigenvalue weighted by molar-refractivity contribution is 0.0923. The molecule has 5 heteroatoms. The van der Waals surface area contributed by atoms with E-state index < -0.39 is 11.8 Å². The number of nitrogens with zero attached hydrogens (tertiary/aromatic N) is 3. The summed E-state index contributed by atoms with van der Waals surface area (Å²) in [4.78, 5) is 32.9. The molecule has 0 saturated carbocycles. The van der Waals surface area contributed by atoms with Crippen molar-refractivity contribution in [2.45, 2.75) is 0 Å². The van der Waals surface area contributed by atoms with Gasteiger partial charge >= 0.3 is 0 Å². The molecule has 0 saturated heterocycles. The Hall–Kier alpha value is -2.56. The van der Waals surface area contributed by atoms with Crippen molar-refractivity contribution in [1.82, 2.24) is 9.97 Å². The molecule has 0 radical (unpaired) electrons. The average molecular weight is 225 g/mol. The van der Waals surface area contributed by atoms with E-state index in [1.165, 1.54) is 12.4 Å². The zero-order chi connectivity index (χ0) is 11.8. The van der Waals surface area contributed by atoms with Crippen molar-refractivity contribution < 1.29 is 9.59 Å². The number of rotatable bonds is 1. The molecule has 0 aliphatic carbocycles. The summed E-state index contributed by atoms with van der Waals surface area (Å²) >= 11 is 0. The van der Waals surface area contributed by atoms with Crippen LogP contribution in [-0.4, -0.2) is 21.8 Å². The van der Waals surface area contributed by atoms with E-state index >= 15 is 0 Å². The number of carbonyl (C=O) groups is 2. The molecule has 1 aromatic carbocycles. The topological polar surface area (TPSA) is 63.2 Å². The van der Waals surface area contributed by atoms with Gasteiger partial charge in [0, 0.05) is 12.4 Å². The lowest BCUT2D eigenvalue weighted by atomic mass is 10.3. The third kappa shape index (κ3) is 1.32. The smallest absolute Gasteiger partial charge is 0.266 e. The molecular weight excluding hydrogens is 218 g/mol. The van der Waals surface area contributed by atoms with E-state index in [0.717, 1.165) is 4.90 Å². The van der Waals surface area contributed by atoms with E-state index in [1.807, 2.05) is 6.07 Å². The molecule has 17 heavy (non-hydrogen) atoms. The number of aromatic nitrogens is 2. The number of para-hydroxylation sites is 1. The molecule has 0 N–H and O–H groups in total. The van der Waals surface area contributed by atoms with Crippen molar-refractivity contribution in [3.63, 3.8) is 0 Å². The van der Waals surface area contributed by atoms with Crippen molar-refractivity contribution in [2.24, 2.45) is 0 Å². The zero-order valence-electron chi connectivity index (χ0n) is 8.70. The Labute approximate surface area is 96.7 Å². The second kappa shape index (κ2) is 3.48. The van der Waals surface area contributed by atoms with Gasteiger partial charge in [0.15, 0.2) is 11.4 Å². The summed E-state index contributed by atoms with van der Waals surface area (Å²) < 4.78 is 0. The van der Waals surface area contributed by atoms with Crippen LogP contribution in [0.2, 0.25) is 0 Å². The number of carbonyl (C=O) groups excluding carboxylic acids is 2. The maximum Gasteiger partial charge on any atom is 0.286 e. The van der Waals surface area contributed by atoms with Crippen molar-refractivity contribution in [1.29, 1.82) is 0 Å². The van der Waals surface area contributed by atoms with E-state index in [-0.39, 0.29) is 11.4 Å². The Kier molecular flexibility index (Phi) is 1.98. The van der Waals surface area contributed by atoms with Gasteiger partial charge < -0.3 is 0 Å². The summed E-state index contributed by atoms with van der Waals surface area (Å²) in [6.45, 7) is 0. The molecule has 3 rings (SSSR count). The van der Waals surface area contributed by atoms with Gasteiger partial charge in [-0.2, -0.15) is 0 Å². The first kappa shape index (κ1) is 9.65. The van der Waals surface area contributed by atoms with E-state index in [4.69, 9.17) is 0 Å². The lowest BCUT2D eigenvalue weighted by Gasteiger charge is -2.12. The highest BCUT2D eigenvalue weighted by Crippen LogP contribution is 2.25. The fraction of sp³-hybridized carbons (Fsp3) is 0. The second-order valence-electron chi connectivity index (χ2n) is 3.53. The molecule has 5 nitrogen and oxygen atoms in total. The fourth-order valence-corrected chi connectivity index (χ4v) is 1.77. The quantitative estimate of drug-likeness (QED) is 0.686. The van der Waals surface area contributed by atoms with Crippen LogP contribution in [-0.2, 0) is 0 Å². The largest absolute Gasteiger partial charge is 0.286 e. The SMILES string of the molecule is O=C1c2nccnc2C(=O)N1c1ccccc1. The number of amides is 2. The first-order valence-corrected chi connectivity index (χ1v) is 5.04. The summed E-state index contributed by atoms with van der Waals surface area (Å²) in [6.07, 6.45) is 2.80. The first-order valence-electron chi connectivity index (χ1n) is 5.04. The lowest BCUT2D eigenvalue weighted by Crippen LogP contribution is -2.29. The molecule has 2 heterocycles. The van der Waals surface area contributed by atoms with E-state index in [1.54, 1.807) is 24.3 Å². The van der Waals surface area contributed by atoms with Crippen molar-refractivity contribution >= 4 is 17.5 Å². The number of hydrogen-bond donors (Lipinski definition) is 0. The standard InChI is InChI=1S/C12H7N3O2/c16-11-9-10(14-7-6-13-9)12(17)15(11)8-4-2-1-3-5-8/h1-7H. The normalized spacial score (nSPS) is 14.0. The molecule has 0 fully saturated rings. The average Bonchev–Trinajstić information content (AvgIpc) is 2.64. The van der Waals surface area contributed by atoms with Crippen molar-refractivity contribution in [3.05, 3.63) is 54.1 Å². The Morgan fingerprint density at radius 1 is 0.824 bits per heavy atom. The van der Waals surface area contributed by atoms with Gasteiger partial charge in [0.2, 0.25) is 0 Å². The summed E-state index contributed by atoms with van der Waals surface area (Å²) in [5.41, 5.74) is 0.755. The van der Waals surface area contributed by atoms with Gasteiger partial charge in [0.1, 0.15) is 0 Å². The van der Waals surface area contributed by atoms with Crippen LogP contribution in [0.25, 0.3) is 0 Å². The highest BCUT2D eigenvalue weighted by atomic mass is 16.2. The fourth-order valence-electron chi connectivity index (χ4n) is 1.77. The Morgan fingerprint density at radius 2 is 1.35 bits per heavy atom. The number of benzene rings is 1. The van der Waals surface area contributed by atoms with Crippen LogP contribution in [0.1, 0.15) is 21.0 Å². The summed E-state index contributed by atoms with van der Waals surface area (Å²) in [7, 11) is 0. The maximum absolute atomic E-state index is 12.0. The number of imide groups is 1. The minimum absolute atomic E-state index is 0.112. The predicted octanol–water partition coefficient (Wildman–Crippen LogP) is 1.28. The van der Waals surface area contributed by atoms with Crippen molar-refractivity contribution in [3.8, 4) is 0 Å². The van der Waals surface area contributed by atoms with Gasteiger partial charge in [-0.1, -0.05) is 18.2 Å². The van der Waals surface area contributed by atoms with Gasteiger partial charge in [-0.05, 0) is 12.1 Å². The summed E-state index contributed by atoms with van der Waals surface area (Å²) in [6, 6.07) is 8.74. The van der Waals surface area contributed by atoms with Crippen LogP contribution < -0.4 is 4.90 Å². The summed E-state index contributed by atoms with van der Waals surface area (Å²) in [5.74, 6) is -0.853. The number of hydrogen-bond acceptors (Lipinski definition) is 4. The monoisotopic (exact) mass is 225 g/mol. The minimum Gasteiger partial charge on any atom is -0.266 e. The molecule has 1 aliphatic heterocycles. The van der Waals surface area contributed by atoms with Crippen LogP contribution in [0.4, 0.5) is 5.69 Å². The molecule has 1 aliphatic rings. The molecule has 0 unspecified atom stereocenters. The van der Waals surface area contributed by atoms with Crippen LogP contribution in [0.5, 0.6) is 0 Å². The van der Waals surface area contributed by atoms with Gasteiger partial charge in [0.05, 0.1) is 5.69 Å². The first-order chi connectivity index (χ1) is 8.29. The van der Waals surface area contributed by atoms with Crippen LogP contribution in [0.3, 0.4) is 0 Å². The summed E-state index contributed by atoms with van der Waals surface area (Å²) in [5, 5.41) is 0. The minimum atomic E-state index is -0.427. The van der Waals surface area contributed by atoms with Crippen LogP contribution >= 0.6 is 0 Å². The zero-order valence-corrected chi connectivity index (χ0v) is 8.70. The van der Waals surface area contributed by atoms with Crippen LogP contribution in [0, 0.1) is 0 Å². The van der Waals surface area contributed by atoms with E-state index in [0.29, 0.717) is 5.69 Å². The van der Waals surface area contributed by atoms with Crippen molar-refractivity contribution in [2.75, 3.05) is 4.90 Å². The molecule has 2 amide bonds. The molecule has 0 atom stereocenters. The second-order valence-corrected chi connectivity index (χ2v) is 3.53. The van der Waals surface area contributed by atoms with Gasteiger partial charge in [-0.25, -0.2) is 14.9 Å². The molecule has 2 aromatic rings. The predicted molar refractivity (Wildman–Crippen MR) is 59.6 cm³/mol. The third-order valence-electron chi connectivity index (χ3n) is 2.52. The number of fused-ring (bicyclic) bond motifs is 1. The highest BCUT2D eigenvalue weighted by molar-refractivity contribution is 6.32.